The second-order valence-electron chi connectivity index (χ2n) is 2.52. The maximum absolute atomic E-state index is 3.03. The predicted octanol–water partition coefficient (Wildman–Crippen LogP) is -0.336. The Hall–Kier alpha value is -0.160. The summed E-state index contributed by atoms with van der Waals surface area (Å²) < 4.78 is 0. The average Bonchev–Trinajstić information content (AvgIpc) is 2.01. The Bertz CT molecular complexity index is 42.9. The molecule has 1 aliphatic rings. The molecule has 1 heterocycles. The van der Waals surface area contributed by atoms with Gasteiger partial charge < -0.3 is 0 Å². The van der Waals surface area contributed by atoms with Crippen LogP contribution in [0.1, 0.15) is 25.7 Å². The van der Waals surface area contributed by atoms with Crippen molar-refractivity contribution in [1.82, 2.24) is 21.9 Å². The zero-order chi connectivity index (χ0) is 7.07. The molecule has 0 aromatic carbocycles. The van der Waals surface area contributed by atoms with Crippen LogP contribution in [0, 0.1) is 0 Å². The van der Waals surface area contributed by atoms with Crippen LogP contribution in [-0.4, -0.2) is 13.1 Å². The van der Waals surface area contributed by atoms with Crippen molar-refractivity contribution in [1.29, 1.82) is 0 Å². The van der Waals surface area contributed by atoms with E-state index >= 15 is 0 Å². The van der Waals surface area contributed by atoms with Crippen LogP contribution >= 0.6 is 0 Å². The summed E-state index contributed by atoms with van der Waals surface area (Å²) in [6.07, 6.45) is 5.18. The van der Waals surface area contributed by atoms with Crippen LogP contribution in [0.25, 0.3) is 0 Å². The van der Waals surface area contributed by atoms with E-state index in [-0.39, 0.29) is 0 Å². The molecule has 0 unspecified atom stereocenters. The third-order valence-electron chi connectivity index (χ3n) is 1.59. The standard InChI is InChI=1S/C6H16N4/c1-2-4-6-8-10-9-7-5-3-1/h7-10H,1-6H2. The third kappa shape index (κ3) is 3.79. The van der Waals surface area contributed by atoms with Gasteiger partial charge in [-0.05, 0) is 12.8 Å². The second kappa shape index (κ2) is 5.61. The molecule has 0 radical (unpaired) electrons. The molecule has 0 atom stereocenters. The van der Waals surface area contributed by atoms with E-state index in [1.54, 1.807) is 0 Å². The minimum absolute atomic E-state index is 1.04. The van der Waals surface area contributed by atoms with E-state index in [0.29, 0.717) is 0 Å². The Balaban J connectivity index is 2.00. The predicted molar refractivity (Wildman–Crippen MR) is 40.7 cm³/mol. The fourth-order valence-corrected chi connectivity index (χ4v) is 0.994. The largest absolute Gasteiger partial charge is 0.243 e. The van der Waals surface area contributed by atoms with Gasteiger partial charge in [-0.1, -0.05) is 12.8 Å². The Morgan fingerprint density at radius 2 is 1.10 bits per heavy atom. The van der Waals surface area contributed by atoms with Gasteiger partial charge >= 0.3 is 0 Å². The zero-order valence-corrected chi connectivity index (χ0v) is 6.24. The van der Waals surface area contributed by atoms with Crippen molar-refractivity contribution < 1.29 is 0 Å². The lowest BCUT2D eigenvalue weighted by Gasteiger charge is -2.11. The van der Waals surface area contributed by atoms with Crippen LogP contribution in [0.2, 0.25) is 0 Å². The van der Waals surface area contributed by atoms with Crippen LogP contribution in [0.4, 0.5) is 0 Å². The molecule has 10 heavy (non-hydrogen) atoms. The molecule has 0 aliphatic carbocycles. The van der Waals surface area contributed by atoms with Crippen LogP contribution in [0.15, 0.2) is 0 Å². The first-order valence-corrected chi connectivity index (χ1v) is 3.96. The van der Waals surface area contributed by atoms with Gasteiger partial charge in [-0.15, -0.1) is 0 Å². The van der Waals surface area contributed by atoms with Crippen LogP contribution < -0.4 is 21.9 Å². The number of hydrogen-bond donors (Lipinski definition) is 4. The smallest absolute Gasteiger partial charge is 0.0113 e. The van der Waals surface area contributed by atoms with Gasteiger partial charge in [0.15, 0.2) is 0 Å². The summed E-state index contributed by atoms with van der Waals surface area (Å²) in [5, 5.41) is 0. The van der Waals surface area contributed by atoms with E-state index in [4.69, 9.17) is 0 Å². The van der Waals surface area contributed by atoms with Crippen molar-refractivity contribution in [3.8, 4) is 0 Å². The molecule has 1 saturated heterocycles. The molecule has 4 nitrogen and oxygen atoms in total. The highest BCUT2D eigenvalue weighted by Crippen LogP contribution is 1.97. The van der Waals surface area contributed by atoms with Crippen molar-refractivity contribution in [2.24, 2.45) is 0 Å². The van der Waals surface area contributed by atoms with Crippen molar-refractivity contribution in [2.45, 2.75) is 25.7 Å². The van der Waals surface area contributed by atoms with E-state index in [1.165, 1.54) is 25.7 Å². The molecule has 1 rings (SSSR count). The average molecular weight is 144 g/mol. The minimum Gasteiger partial charge on any atom is -0.243 e. The Morgan fingerprint density at radius 3 is 1.60 bits per heavy atom. The lowest BCUT2D eigenvalue weighted by atomic mass is 10.2. The Labute approximate surface area is 61.7 Å². The van der Waals surface area contributed by atoms with Crippen molar-refractivity contribution in [2.75, 3.05) is 13.1 Å². The van der Waals surface area contributed by atoms with Gasteiger partial charge in [0.1, 0.15) is 0 Å². The molecule has 0 aromatic heterocycles. The minimum atomic E-state index is 1.04. The summed E-state index contributed by atoms with van der Waals surface area (Å²) in [7, 11) is 0. The Kier molecular flexibility index (Phi) is 4.46. The van der Waals surface area contributed by atoms with Crippen LogP contribution in [0.3, 0.4) is 0 Å². The van der Waals surface area contributed by atoms with Gasteiger partial charge in [-0.3, -0.25) is 0 Å². The molecule has 0 saturated carbocycles. The quantitative estimate of drug-likeness (QED) is 0.376. The summed E-state index contributed by atoms with van der Waals surface area (Å²) in [4.78, 5) is 0. The van der Waals surface area contributed by atoms with Gasteiger partial charge in [0.25, 0.3) is 0 Å². The van der Waals surface area contributed by atoms with Gasteiger partial charge in [-0.25, -0.2) is 10.9 Å². The van der Waals surface area contributed by atoms with E-state index < -0.39 is 0 Å². The van der Waals surface area contributed by atoms with E-state index in [9.17, 15) is 0 Å². The zero-order valence-electron chi connectivity index (χ0n) is 6.24. The summed E-state index contributed by atoms with van der Waals surface area (Å²) in [5.74, 6) is 0. The molecule has 0 bridgehead atoms. The monoisotopic (exact) mass is 144 g/mol. The number of nitrogens with one attached hydrogen (secondary N) is 4. The van der Waals surface area contributed by atoms with Gasteiger partial charge in [0.05, 0.1) is 0 Å². The highest BCUT2D eigenvalue weighted by atomic mass is 15.7. The lowest BCUT2D eigenvalue weighted by molar-refractivity contribution is 0.349. The molecule has 4 heteroatoms. The number of hydrazine groups is 3. The molecule has 4 N–H and O–H groups in total. The summed E-state index contributed by atoms with van der Waals surface area (Å²) in [5.41, 5.74) is 11.8. The highest BCUT2D eigenvalue weighted by Gasteiger charge is 1.92. The molecule has 0 spiro atoms. The van der Waals surface area contributed by atoms with Crippen LogP contribution in [-0.2, 0) is 0 Å². The highest BCUT2D eigenvalue weighted by molar-refractivity contribution is 4.48. The molecule has 0 amide bonds. The summed E-state index contributed by atoms with van der Waals surface area (Å²) in [6, 6.07) is 0. The van der Waals surface area contributed by atoms with Crippen LogP contribution in [0.5, 0.6) is 0 Å². The number of hydrogen-bond acceptors (Lipinski definition) is 4. The molecule has 1 aliphatic heterocycles. The SMILES string of the molecule is C1CCCNNNNCC1. The van der Waals surface area contributed by atoms with Gasteiger partial charge in [0.2, 0.25) is 0 Å². The first kappa shape index (κ1) is 7.94. The molecular weight excluding hydrogens is 128 g/mol. The number of rotatable bonds is 0. The molecule has 60 valence electrons. The normalized spacial score (nSPS) is 24.0. The van der Waals surface area contributed by atoms with Gasteiger partial charge in [0, 0.05) is 13.1 Å². The van der Waals surface area contributed by atoms with E-state index in [2.05, 4.69) is 21.9 Å². The first-order chi connectivity index (χ1) is 5.00. The molecule has 1 fully saturated rings. The molecule has 0 aromatic rings. The maximum Gasteiger partial charge on any atom is 0.0113 e. The Morgan fingerprint density at radius 1 is 0.600 bits per heavy atom. The maximum atomic E-state index is 3.03. The topological polar surface area (TPSA) is 48.1 Å². The van der Waals surface area contributed by atoms with E-state index in [1.807, 2.05) is 0 Å². The third-order valence-corrected chi connectivity index (χ3v) is 1.59. The second-order valence-corrected chi connectivity index (χ2v) is 2.52. The fraction of sp³-hybridized carbons (Fsp3) is 1.00. The first-order valence-electron chi connectivity index (χ1n) is 3.96. The van der Waals surface area contributed by atoms with E-state index in [0.717, 1.165) is 13.1 Å². The van der Waals surface area contributed by atoms with Crippen molar-refractivity contribution in [3.05, 3.63) is 0 Å². The van der Waals surface area contributed by atoms with Crippen molar-refractivity contribution >= 4 is 0 Å². The van der Waals surface area contributed by atoms with Gasteiger partial charge in [-0.2, -0.15) is 11.1 Å². The van der Waals surface area contributed by atoms with Crippen molar-refractivity contribution in [3.63, 3.8) is 0 Å². The summed E-state index contributed by atoms with van der Waals surface area (Å²) >= 11 is 0. The lowest BCUT2D eigenvalue weighted by Crippen LogP contribution is -2.51. The fourth-order valence-electron chi connectivity index (χ4n) is 0.994. The molecular formula is C6H16N4. The summed E-state index contributed by atoms with van der Waals surface area (Å²) in [6.45, 7) is 2.07.